The molecule has 3 heteroatoms. The molecule has 0 aromatic heterocycles. The van der Waals surface area contributed by atoms with Crippen molar-refractivity contribution in [3.63, 3.8) is 0 Å². The normalized spacial score (nSPS) is 13.6. The van der Waals surface area contributed by atoms with Gasteiger partial charge in [0.15, 0.2) is 11.6 Å². The third-order valence-electron chi connectivity index (χ3n) is 5.02. The fourth-order valence-corrected chi connectivity index (χ4v) is 3.48. The lowest BCUT2D eigenvalue weighted by atomic mass is 9.86. The first-order valence-corrected chi connectivity index (χ1v) is 9.04. The maximum absolute atomic E-state index is 14.6. The standard InChI is InChI=1S/C22H23F3/c1-3-5-6-15-9-11-19(22(25)21(15)24)17-10-12-18-16(13-17)8-7-14(4-2)20(18)23/h7-9,11,13H,3-6,10,12H2,1-2H3. The zero-order valence-electron chi connectivity index (χ0n) is 14.8. The first-order valence-electron chi connectivity index (χ1n) is 9.04. The second-order valence-corrected chi connectivity index (χ2v) is 6.63. The molecule has 0 heterocycles. The lowest BCUT2D eigenvalue weighted by Crippen LogP contribution is -2.07. The minimum Gasteiger partial charge on any atom is -0.206 e. The van der Waals surface area contributed by atoms with E-state index in [2.05, 4.69) is 0 Å². The summed E-state index contributed by atoms with van der Waals surface area (Å²) in [4.78, 5) is 0. The highest BCUT2D eigenvalue weighted by Gasteiger charge is 2.21. The average molecular weight is 344 g/mol. The summed E-state index contributed by atoms with van der Waals surface area (Å²) in [6.07, 6.45) is 5.80. The SMILES string of the molecule is CCCCc1ccc(C2=Cc3ccc(CC)c(F)c3CC2)c(F)c1F. The number of unbranched alkanes of at least 4 members (excludes halogenated alkanes) is 1. The highest BCUT2D eigenvalue weighted by atomic mass is 19.2. The van der Waals surface area contributed by atoms with Gasteiger partial charge < -0.3 is 0 Å². The Morgan fingerprint density at radius 3 is 2.32 bits per heavy atom. The van der Waals surface area contributed by atoms with Crippen LogP contribution in [0.5, 0.6) is 0 Å². The third kappa shape index (κ3) is 3.37. The minimum atomic E-state index is -0.783. The zero-order valence-corrected chi connectivity index (χ0v) is 14.8. The van der Waals surface area contributed by atoms with Crippen LogP contribution in [0.2, 0.25) is 0 Å². The first-order chi connectivity index (χ1) is 12.1. The number of aryl methyl sites for hydroxylation is 2. The van der Waals surface area contributed by atoms with Crippen LogP contribution in [0.25, 0.3) is 11.6 Å². The van der Waals surface area contributed by atoms with E-state index in [9.17, 15) is 13.2 Å². The van der Waals surface area contributed by atoms with E-state index in [1.165, 1.54) is 0 Å². The van der Waals surface area contributed by atoms with E-state index < -0.39 is 11.6 Å². The van der Waals surface area contributed by atoms with Gasteiger partial charge in [-0.2, -0.15) is 0 Å². The van der Waals surface area contributed by atoms with Gasteiger partial charge in [0.1, 0.15) is 5.82 Å². The fraction of sp³-hybridized carbons (Fsp3) is 0.364. The van der Waals surface area contributed by atoms with Crippen LogP contribution in [0.3, 0.4) is 0 Å². The molecule has 0 fully saturated rings. The Morgan fingerprint density at radius 2 is 1.60 bits per heavy atom. The van der Waals surface area contributed by atoms with Crippen LogP contribution >= 0.6 is 0 Å². The summed E-state index contributed by atoms with van der Waals surface area (Å²) >= 11 is 0. The molecule has 132 valence electrons. The molecule has 0 bridgehead atoms. The molecule has 0 saturated heterocycles. The molecule has 0 spiro atoms. The van der Waals surface area contributed by atoms with Gasteiger partial charge >= 0.3 is 0 Å². The van der Waals surface area contributed by atoms with Crippen molar-refractivity contribution in [3.8, 4) is 0 Å². The predicted octanol–water partition coefficient (Wildman–Crippen LogP) is 6.50. The molecule has 0 saturated carbocycles. The molecule has 0 aliphatic heterocycles. The minimum absolute atomic E-state index is 0.156. The maximum atomic E-state index is 14.6. The maximum Gasteiger partial charge on any atom is 0.166 e. The lowest BCUT2D eigenvalue weighted by molar-refractivity contribution is 0.494. The number of rotatable bonds is 5. The molecule has 1 aliphatic carbocycles. The van der Waals surface area contributed by atoms with E-state index in [-0.39, 0.29) is 5.82 Å². The molecule has 25 heavy (non-hydrogen) atoms. The van der Waals surface area contributed by atoms with E-state index >= 15 is 0 Å². The topological polar surface area (TPSA) is 0 Å². The molecule has 0 atom stereocenters. The van der Waals surface area contributed by atoms with Gasteiger partial charge in [-0.1, -0.05) is 50.6 Å². The van der Waals surface area contributed by atoms with Crippen LogP contribution in [0.15, 0.2) is 24.3 Å². The monoisotopic (exact) mass is 344 g/mol. The van der Waals surface area contributed by atoms with E-state index in [0.717, 1.165) is 24.0 Å². The number of hydrogen-bond acceptors (Lipinski definition) is 0. The summed E-state index contributed by atoms with van der Waals surface area (Å²) in [5.41, 5.74) is 3.61. The van der Waals surface area contributed by atoms with Gasteiger partial charge in [-0.15, -0.1) is 0 Å². The molecule has 0 unspecified atom stereocenters. The van der Waals surface area contributed by atoms with Crippen LogP contribution in [0, 0.1) is 17.5 Å². The molecule has 0 radical (unpaired) electrons. The zero-order chi connectivity index (χ0) is 18.0. The number of fused-ring (bicyclic) bond motifs is 1. The summed E-state index contributed by atoms with van der Waals surface area (Å²) < 4.78 is 43.3. The van der Waals surface area contributed by atoms with Crippen LogP contribution in [-0.4, -0.2) is 0 Å². The Balaban J connectivity index is 1.98. The van der Waals surface area contributed by atoms with Gasteiger partial charge in [0.25, 0.3) is 0 Å². The second kappa shape index (κ2) is 7.47. The molecular weight excluding hydrogens is 321 g/mol. The molecule has 0 amide bonds. The molecular formula is C22H23F3. The van der Waals surface area contributed by atoms with Gasteiger partial charge in [-0.05, 0) is 59.9 Å². The summed E-state index contributed by atoms with van der Waals surface area (Å²) in [5.74, 6) is -1.68. The third-order valence-corrected chi connectivity index (χ3v) is 5.02. The Hall–Kier alpha value is -2.03. The summed E-state index contributed by atoms with van der Waals surface area (Å²) in [6.45, 7) is 3.95. The molecule has 2 aromatic rings. The Morgan fingerprint density at radius 1 is 0.840 bits per heavy atom. The van der Waals surface area contributed by atoms with Gasteiger partial charge in [0.2, 0.25) is 0 Å². The highest BCUT2D eigenvalue weighted by molar-refractivity contribution is 5.84. The molecule has 0 nitrogen and oxygen atoms in total. The summed E-state index contributed by atoms with van der Waals surface area (Å²) in [6, 6.07) is 7.00. The van der Waals surface area contributed by atoms with Crippen LogP contribution in [-0.2, 0) is 19.3 Å². The number of benzene rings is 2. The van der Waals surface area contributed by atoms with Crippen molar-refractivity contribution in [3.05, 3.63) is 69.5 Å². The summed E-state index contributed by atoms with van der Waals surface area (Å²) in [5, 5.41) is 0. The van der Waals surface area contributed by atoms with E-state index in [1.54, 1.807) is 24.3 Å². The molecule has 2 aromatic carbocycles. The van der Waals surface area contributed by atoms with Crippen molar-refractivity contribution >= 4 is 11.6 Å². The molecule has 3 rings (SSSR count). The predicted molar refractivity (Wildman–Crippen MR) is 96.9 cm³/mol. The van der Waals surface area contributed by atoms with Crippen molar-refractivity contribution in [2.24, 2.45) is 0 Å². The average Bonchev–Trinajstić information content (AvgIpc) is 2.63. The summed E-state index contributed by atoms with van der Waals surface area (Å²) in [7, 11) is 0. The number of hydrogen-bond donors (Lipinski definition) is 0. The lowest BCUT2D eigenvalue weighted by Gasteiger charge is -2.19. The fourth-order valence-electron chi connectivity index (χ4n) is 3.48. The molecule has 0 N–H and O–H groups in total. The van der Waals surface area contributed by atoms with Gasteiger partial charge in [-0.25, -0.2) is 13.2 Å². The van der Waals surface area contributed by atoms with Crippen molar-refractivity contribution in [2.45, 2.75) is 52.4 Å². The van der Waals surface area contributed by atoms with Gasteiger partial charge in [0.05, 0.1) is 0 Å². The molecule has 1 aliphatic rings. The number of halogens is 3. The van der Waals surface area contributed by atoms with E-state index in [4.69, 9.17) is 0 Å². The Kier molecular flexibility index (Phi) is 5.31. The quantitative estimate of drug-likeness (QED) is 0.581. The van der Waals surface area contributed by atoms with E-state index in [0.29, 0.717) is 47.9 Å². The van der Waals surface area contributed by atoms with Crippen molar-refractivity contribution in [1.82, 2.24) is 0 Å². The van der Waals surface area contributed by atoms with Crippen LogP contribution in [0.1, 0.15) is 60.9 Å². The smallest absolute Gasteiger partial charge is 0.166 e. The second-order valence-electron chi connectivity index (χ2n) is 6.63. The van der Waals surface area contributed by atoms with Crippen LogP contribution in [0.4, 0.5) is 13.2 Å². The largest absolute Gasteiger partial charge is 0.206 e. The van der Waals surface area contributed by atoms with Crippen LogP contribution < -0.4 is 0 Å². The number of allylic oxidation sites excluding steroid dienone is 1. The van der Waals surface area contributed by atoms with Crippen molar-refractivity contribution < 1.29 is 13.2 Å². The van der Waals surface area contributed by atoms with Crippen molar-refractivity contribution in [1.29, 1.82) is 0 Å². The van der Waals surface area contributed by atoms with Gasteiger partial charge in [-0.3, -0.25) is 0 Å². The van der Waals surface area contributed by atoms with E-state index in [1.807, 2.05) is 19.9 Å². The Bertz CT molecular complexity index is 819. The highest BCUT2D eigenvalue weighted by Crippen LogP contribution is 2.35. The van der Waals surface area contributed by atoms with Crippen molar-refractivity contribution in [2.75, 3.05) is 0 Å². The van der Waals surface area contributed by atoms with Gasteiger partial charge in [0, 0.05) is 5.56 Å². The Labute approximate surface area is 147 Å². The first kappa shape index (κ1) is 17.8.